The highest BCUT2D eigenvalue weighted by atomic mass is 32.1. The average Bonchev–Trinajstić information content (AvgIpc) is 1.72. The second-order valence-corrected chi connectivity index (χ2v) is 1.37. The Morgan fingerprint density at radius 2 is 1.75 bits per heavy atom. The van der Waals surface area contributed by atoms with Crippen LogP contribution in [0.2, 0.25) is 0 Å². The first kappa shape index (κ1) is 10.7. The van der Waals surface area contributed by atoms with Gasteiger partial charge in [-0.05, 0) is 12.8 Å². The summed E-state index contributed by atoms with van der Waals surface area (Å²) in [5.41, 5.74) is 0.861. The number of rotatable bonds is 2. The van der Waals surface area contributed by atoms with E-state index in [4.69, 9.17) is 5.21 Å². The Hall–Kier alpha value is -0.180. The van der Waals surface area contributed by atoms with Crippen LogP contribution in [0.25, 0.3) is 0 Å². The Labute approximate surface area is 57.0 Å². The van der Waals surface area contributed by atoms with Gasteiger partial charge in [0.2, 0.25) is 0 Å². The van der Waals surface area contributed by atoms with Crippen molar-refractivity contribution in [3.05, 3.63) is 0 Å². The quantitative estimate of drug-likeness (QED) is 0.349. The Balaban J connectivity index is 0. The van der Waals surface area contributed by atoms with E-state index in [1.54, 1.807) is 0 Å². The summed E-state index contributed by atoms with van der Waals surface area (Å²) in [6.45, 7) is 3.94. The van der Waals surface area contributed by atoms with Crippen LogP contribution in [0.3, 0.4) is 0 Å². The fourth-order valence-corrected chi connectivity index (χ4v) is 0.391. The van der Waals surface area contributed by atoms with Crippen LogP contribution in [-0.2, 0) is 0 Å². The summed E-state index contributed by atoms with van der Waals surface area (Å²) in [7, 11) is 0. The molecule has 0 rings (SSSR count). The maximum absolute atomic E-state index is 8.11. The molecule has 0 amide bonds. The summed E-state index contributed by atoms with van der Waals surface area (Å²) >= 11 is 0. The molecular weight excluding hydrogens is 122 g/mol. The van der Waals surface area contributed by atoms with Gasteiger partial charge in [-0.3, -0.25) is 0 Å². The molecule has 1 N–H and O–H groups in total. The highest BCUT2D eigenvalue weighted by Gasteiger charge is 1.86. The zero-order valence-electron chi connectivity index (χ0n) is 5.31. The molecule has 0 aliphatic rings. The Kier molecular flexibility index (Phi) is 9.15. The van der Waals surface area contributed by atoms with Gasteiger partial charge in [-0.1, -0.05) is 19.0 Å². The lowest BCUT2D eigenvalue weighted by molar-refractivity contribution is 0.316. The third-order valence-electron chi connectivity index (χ3n) is 0.958. The number of oxime groups is 1. The Morgan fingerprint density at radius 3 is 1.75 bits per heavy atom. The standard InChI is InChI=1S/C5H11NO.H2S/c1-3-5(4-2)6-7;/h7H,3-4H2,1-2H3;1H2. The summed E-state index contributed by atoms with van der Waals surface area (Å²) < 4.78 is 0. The molecule has 0 aliphatic carbocycles. The van der Waals surface area contributed by atoms with Crippen LogP contribution < -0.4 is 0 Å². The van der Waals surface area contributed by atoms with Gasteiger partial charge in [0.25, 0.3) is 0 Å². The highest BCUT2D eigenvalue weighted by molar-refractivity contribution is 7.59. The highest BCUT2D eigenvalue weighted by Crippen LogP contribution is 1.87. The average molecular weight is 135 g/mol. The van der Waals surface area contributed by atoms with Crippen LogP contribution in [0.1, 0.15) is 26.7 Å². The van der Waals surface area contributed by atoms with E-state index in [9.17, 15) is 0 Å². The van der Waals surface area contributed by atoms with E-state index >= 15 is 0 Å². The smallest absolute Gasteiger partial charge is 0.0565 e. The molecule has 0 aromatic carbocycles. The van der Waals surface area contributed by atoms with E-state index in [1.165, 1.54) is 0 Å². The lowest BCUT2D eigenvalue weighted by atomic mass is 10.2. The summed E-state index contributed by atoms with van der Waals surface area (Å²) in [4.78, 5) is 0. The van der Waals surface area contributed by atoms with E-state index in [1.807, 2.05) is 13.8 Å². The molecule has 3 heteroatoms. The largest absolute Gasteiger partial charge is 0.411 e. The number of nitrogens with zero attached hydrogens (tertiary/aromatic N) is 1. The minimum Gasteiger partial charge on any atom is -0.411 e. The monoisotopic (exact) mass is 135 g/mol. The van der Waals surface area contributed by atoms with Crippen LogP contribution in [0.15, 0.2) is 5.16 Å². The van der Waals surface area contributed by atoms with Crippen LogP contribution in [0, 0.1) is 0 Å². The fourth-order valence-electron chi connectivity index (χ4n) is 0.391. The molecule has 0 spiro atoms. The first-order valence-electron chi connectivity index (χ1n) is 2.54. The van der Waals surface area contributed by atoms with E-state index in [0.717, 1.165) is 18.6 Å². The molecule has 0 saturated carbocycles. The van der Waals surface area contributed by atoms with Gasteiger partial charge in [0.1, 0.15) is 0 Å². The van der Waals surface area contributed by atoms with Crippen LogP contribution >= 0.6 is 13.5 Å². The number of hydrogen-bond acceptors (Lipinski definition) is 2. The van der Waals surface area contributed by atoms with E-state index in [-0.39, 0.29) is 13.5 Å². The van der Waals surface area contributed by atoms with Crippen molar-refractivity contribution in [2.24, 2.45) is 5.16 Å². The van der Waals surface area contributed by atoms with Gasteiger partial charge < -0.3 is 5.21 Å². The van der Waals surface area contributed by atoms with Crippen LogP contribution in [0.4, 0.5) is 0 Å². The lowest BCUT2D eigenvalue weighted by Gasteiger charge is -1.89. The van der Waals surface area contributed by atoms with Crippen molar-refractivity contribution >= 4 is 19.2 Å². The minimum atomic E-state index is 0. The summed E-state index contributed by atoms with van der Waals surface area (Å²) in [6.07, 6.45) is 1.71. The van der Waals surface area contributed by atoms with Crippen LogP contribution in [-0.4, -0.2) is 10.9 Å². The SMILES string of the molecule is CCC(CC)=NO.S. The van der Waals surface area contributed by atoms with E-state index < -0.39 is 0 Å². The molecule has 0 aromatic heterocycles. The molecule has 2 nitrogen and oxygen atoms in total. The number of hydrogen-bond donors (Lipinski definition) is 1. The fraction of sp³-hybridized carbons (Fsp3) is 0.800. The van der Waals surface area contributed by atoms with Gasteiger partial charge in [-0.15, -0.1) is 0 Å². The second-order valence-electron chi connectivity index (χ2n) is 1.37. The lowest BCUT2D eigenvalue weighted by Crippen LogP contribution is -1.90. The molecule has 0 radical (unpaired) electrons. The summed E-state index contributed by atoms with van der Waals surface area (Å²) in [5.74, 6) is 0. The molecule has 0 heterocycles. The van der Waals surface area contributed by atoms with Crippen molar-refractivity contribution in [2.45, 2.75) is 26.7 Å². The van der Waals surface area contributed by atoms with Gasteiger partial charge >= 0.3 is 0 Å². The maximum Gasteiger partial charge on any atom is 0.0565 e. The molecule has 0 atom stereocenters. The molecule has 50 valence electrons. The van der Waals surface area contributed by atoms with Crippen LogP contribution in [0.5, 0.6) is 0 Å². The van der Waals surface area contributed by atoms with Crippen molar-refractivity contribution < 1.29 is 5.21 Å². The van der Waals surface area contributed by atoms with Gasteiger partial charge in [0.05, 0.1) is 5.71 Å². The van der Waals surface area contributed by atoms with Crippen molar-refractivity contribution in [3.63, 3.8) is 0 Å². The summed E-state index contributed by atoms with van der Waals surface area (Å²) in [6, 6.07) is 0. The minimum absolute atomic E-state index is 0. The zero-order chi connectivity index (χ0) is 5.70. The topological polar surface area (TPSA) is 32.6 Å². The maximum atomic E-state index is 8.11. The van der Waals surface area contributed by atoms with Crippen molar-refractivity contribution in [1.82, 2.24) is 0 Å². The van der Waals surface area contributed by atoms with Crippen molar-refractivity contribution in [3.8, 4) is 0 Å². The van der Waals surface area contributed by atoms with Gasteiger partial charge in [0, 0.05) is 0 Å². The zero-order valence-corrected chi connectivity index (χ0v) is 6.31. The molecule has 0 aliphatic heterocycles. The molecule has 0 bridgehead atoms. The summed E-state index contributed by atoms with van der Waals surface area (Å²) in [5, 5.41) is 11.2. The second kappa shape index (κ2) is 6.82. The van der Waals surface area contributed by atoms with Crippen molar-refractivity contribution in [1.29, 1.82) is 0 Å². The molecule has 0 unspecified atom stereocenters. The third-order valence-corrected chi connectivity index (χ3v) is 0.958. The van der Waals surface area contributed by atoms with Gasteiger partial charge in [-0.2, -0.15) is 13.5 Å². The Morgan fingerprint density at radius 1 is 1.38 bits per heavy atom. The van der Waals surface area contributed by atoms with E-state index in [2.05, 4.69) is 5.16 Å². The molecule has 0 aromatic rings. The predicted molar refractivity (Wildman–Crippen MR) is 40.2 cm³/mol. The predicted octanol–water partition coefficient (Wildman–Crippen LogP) is 1.75. The van der Waals surface area contributed by atoms with E-state index in [0.29, 0.717) is 0 Å². The normalized spacial score (nSPS) is 7.25. The first-order valence-corrected chi connectivity index (χ1v) is 2.54. The molecular formula is C5H13NOS. The Bertz CT molecular complexity index is 66.8. The third kappa shape index (κ3) is 3.99. The van der Waals surface area contributed by atoms with Gasteiger partial charge in [0.15, 0.2) is 0 Å². The molecule has 0 fully saturated rings. The van der Waals surface area contributed by atoms with Crippen molar-refractivity contribution in [2.75, 3.05) is 0 Å². The van der Waals surface area contributed by atoms with Gasteiger partial charge in [-0.25, -0.2) is 0 Å². The molecule has 8 heavy (non-hydrogen) atoms. The molecule has 0 saturated heterocycles. The first-order chi connectivity index (χ1) is 3.35.